The molecule has 0 aliphatic rings. The number of ether oxygens (including phenoxy) is 1. The lowest BCUT2D eigenvalue weighted by molar-refractivity contribution is 0.211. The van der Waals surface area contributed by atoms with Crippen molar-refractivity contribution in [1.82, 2.24) is 0 Å². The average molecular weight is 346 g/mol. The van der Waals surface area contributed by atoms with Gasteiger partial charge in [-0.05, 0) is 30.3 Å². The van der Waals surface area contributed by atoms with Gasteiger partial charge in [-0.3, -0.25) is 4.72 Å². The molecule has 3 N–H and O–H groups in total. The first-order valence-electron chi connectivity index (χ1n) is 5.94. The first-order chi connectivity index (χ1) is 10.7. The van der Waals surface area contributed by atoms with Gasteiger partial charge in [0.1, 0.15) is 28.1 Å². The quantitative estimate of drug-likeness (QED) is 0.888. The molecule has 1 amide bonds. The van der Waals surface area contributed by atoms with E-state index in [1.54, 1.807) is 4.72 Å². The fourth-order valence-corrected chi connectivity index (χ4v) is 2.79. The van der Waals surface area contributed by atoms with E-state index in [1.165, 1.54) is 0 Å². The van der Waals surface area contributed by atoms with Crippen LogP contribution in [0.3, 0.4) is 0 Å². The molecule has 0 aliphatic heterocycles. The summed E-state index contributed by atoms with van der Waals surface area (Å²) in [6, 6.07) is 4.45. The summed E-state index contributed by atoms with van der Waals surface area (Å²) >= 11 is 0. The van der Waals surface area contributed by atoms with Gasteiger partial charge in [0.2, 0.25) is 0 Å². The molecule has 2 rings (SSSR count). The van der Waals surface area contributed by atoms with E-state index in [1.807, 2.05) is 0 Å². The van der Waals surface area contributed by atoms with Gasteiger partial charge in [-0.1, -0.05) is 0 Å². The van der Waals surface area contributed by atoms with Gasteiger partial charge in [0.15, 0.2) is 0 Å². The Kier molecular flexibility index (Phi) is 4.45. The van der Waals surface area contributed by atoms with Gasteiger partial charge in [-0.25, -0.2) is 26.4 Å². The zero-order valence-electron chi connectivity index (χ0n) is 11.2. The lowest BCUT2D eigenvalue weighted by Gasteiger charge is -2.11. The third kappa shape index (κ3) is 3.92. The third-order valence-electron chi connectivity index (χ3n) is 2.58. The molecule has 2 aromatic carbocycles. The molecule has 0 heterocycles. The standard InChI is InChI=1S/C13H9F3N2O4S/c14-7-1-3-10(16)12(5-7)23(20,21)18-11-6-8(22-13(17)19)2-4-9(11)15/h1-6,18H,(H2,17,19). The fourth-order valence-electron chi connectivity index (χ4n) is 1.65. The van der Waals surface area contributed by atoms with Gasteiger partial charge >= 0.3 is 6.09 Å². The summed E-state index contributed by atoms with van der Waals surface area (Å²) in [5, 5.41) is 0. The van der Waals surface area contributed by atoms with Crippen LogP contribution in [-0.2, 0) is 10.0 Å². The van der Waals surface area contributed by atoms with Crippen LogP contribution in [-0.4, -0.2) is 14.5 Å². The van der Waals surface area contributed by atoms with Crippen molar-refractivity contribution < 1.29 is 31.1 Å². The molecule has 0 unspecified atom stereocenters. The van der Waals surface area contributed by atoms with Crippen molar-refractivity contribution in [1.29, 1.82) is 0 Å². The zero-order chi connectivity index (χ0) is 17.2. The molecule has 0 bridgehead atoms. The number of amides is 1. The van der Waals surface area contributed by atoms with E-state index in [9.17, 15) is 26.4 Å². The van der Waals surface area contributed by atoms with Crippen molar-refractivity contribution >= 4 is 21.8 Å². The van der Waals surface area contributed by atoms with Crippen LogP contribution in [0.4, 0.5) is 23.7 Å². The largest absolute Gasteiger partial charge is 0.410 e. The molecule has 0 spiro atoms. The highest BCUT2D eigenvalue weighted by atomic mass is 32.2. The fraction of sp³-hybridized carbons (Fsp3) is 0. The van der Waals surface area contributed by atoms with Crippen molar-refractivity contribution in [2.45, 2.75) is 4.90 Å². The molecule has 6 nitrogen and oxygen atoms in total. The van der Waals surface area contributed by atoms with Gasteiger partial charge in [0.05, 0.1) is 5.69 Å². The summed E-state index contributed by atoms with van der Waals surface area (Å²) in [5.74, 6) is -3.47. The summed E-state index contributed by atoms with van der Waals surface area (Å²) in [6.45, 7) is 0. The number of sulfonamides is 1. The van der Waals surface area contributed by atoms with Crippen LogP contribution in [0.1, 0.15) is 0 Å². The van der Waals surface area contributed by atoms with Crippen LogP contribution in [0.2, 0.25) is 0 Å². The van der Waals surface area contributed by atoms with Crippen LogP contribution < -0.4 is 15.2 Å². The predicted octanol–water partition coefficient (Wildman–Crippen LogP) is 2.36. The molecular weight excluding hydrogens is 337 g/mol. The minimum atomic E-state index is -4.61. The smallest absolute Gasteiger partial charge is 0.409 e. The van der Waals surface area contributed by atoms with Crippen LogP contribution in [0.5, 0.6) is 5.75 Å². The minimum Gasteiger partial charge on any atom is -0.410 e. The lowest BCUT2D eigenvalue weighted by Crippen LogP contribution is -2.18. The summed E-state index contributed by atoms with van der Waals surface area (Å²) in [6.07, 6.45) is -1.19. The molecule has 0 saturated carbocycles. The summed E-state index contributed by atoms with van der Waals surface area (Å²) in [5.41, 5.74) is 4.15. The summed E-state index contributed by atoms with van der Waals surface area (Å²) in [7, 11) is -4.61. The van der Waals surface area contributed by atoms with E-state index in [2.05, 4.69) is 4.74 Å². The van der Waals surface area contributed by atoms with Gasteiger partial charge < -0.3 is 10.5 Å². The van der Waals surface area contributed by atoms with E-state index in [4.69, 9.17) is 5.73 Å². The number of benzene rings is 2. The van der Waals surface area contributed by atoms with Crippen LogP contribution in [0.15, 0.2) is 41.3 Å². The zero-order valence-corrected chi connectivity index (χ0v) is 12.0. The van der Waals surface area contributed by atoms with Crippen molar-refractivity contribution in [2.24, 2.45) is 5.73 Å². The van der Waals surface area contributed by atoms with Crippen molar-refractivity contribution in [2.75, 3.05) is 4.72 Å². The SMILES string of the molecule is NC(=O)Oc1ccc(F)c(NS(=O)(=O)c2cc(F)ccc2F)c1. The number of primary amides is 1. The molecule has 10 heteroatoms. The average Bonchev–Trinajstić information content (AvgIpc) is 2.44. The highest BCUT2D eigenvalue weighted by molar-refractivity contribution is 7.92. The Bertz CT molecular complexity index is 872. The lowest BCUT2D eigenvalue weighted by atomic mass is 10.3. The third-order valence-corrected chi connectivity index (χ3v) is 3.96. The maximum Gasteiger partial charge on any atom is 0.409 e. The second-order valence-electron chi connectivity index (χ2n) is 4.24. The van der Waals surface area contributed by atoms with Crippen LogP contribution in [0, 0.1) is 17.5 Å². The number of nitrogens with two attached hydrogens (primary N) is 1. The Morgan fingerprint density at radius 2 is 1.70 bits per heavy atom. The Morgan fingerprint density at radius 3 is 2.35 bits per heavy atom. The molecule has 122 valence electrons. The highest BCUT2D eigenvalue weighted by Crippen LogP contribution is 2.25. The number of carbonyl (C=O) groups excluding carboxylic acids is 1. The van der Waals surface area contributed by atoms with E-state index < -0.39 is 44.2 Å². The van der Waals surface area contributed by atoms with E-state index in [0.717, 1.165) is 24.3 Å². The number of nitrogens with one attached hydrogen (secondary N) is 1. The Balaban J connectivity index is 2.40. The second-order valence-corrected chi connectivity index (χ2v) is 5.89. The van der Waals surface area contributed by atoms with E-state index >= 15 is 0 Å². The maximum atomic E-state index is 13.7. The summed E-state index contributed by atoms with van der Waals surface area (Å²) in [4.78, 5) is 9.63. The number of halogens is 3. The van der Waals surface area contributed by atoms with Crippen LogP contribution >= 0.6 is 0 Å². The molecule has 0 fully saturated rings. The molecule has 2 aromatic rings. The van der Waals surface area contributed by atoms with Crippen molar-refractivity contribution in [3.05, 3.63) is 53.8 Å². The normalized spacial score (nSPS) is 11.1. The summed E-state index contributed by atoms with van der Waals surface area (Å²) < 4.78 is 70.6. The Morgan fingerprint density at radius 1 is 1.04 bits per heavy atom. The Labute approximate surface area is 128 Å². The van der Waals surface area contributed by atoms with Gasteiger partial charge in [0, 0.05) is 6.07 Å². The van der Waals surface area contributed by atoms with E-state index in [-0.39, 0.29) is 5.75 Å². The topological polar surface area (TPSA) is 98.5 Å². The van der Waals surface area contributed by atoms with E-state index in [0.29, 0.717) is 12.1 Å². The minimum absolute atomic E-state index is 0.240. The number of hydrogen-bond donors (Lipinski definition) is 2. The number of anilines is 1. The van der Waals surface area contributed by atoms with Gasteiger partial charge in [0.25, 0.3) is 10.0 Å². The van der Waals surface area contributed by atoms with Crippen molar-refractivity contribution in [3.63, 3.8) is 0 Å². The molecule has 0 aliphatic carbocycles. The van der Waals surface area contributed by atoms with Gasteiger partial charge in [-0.15, -0.1) is 0 Å². The van der Waals surface area contributed by atoms with Gasteiger partial charge in [-0.2, -0.15) is 0 Å². The number of rotatable bonds is 4. The predicted molar refractivity (Wildman–Crippen MR) is 73.8 cm³/mol. The first-order valence-corrected chi connectivity index (χ1v) is 7.42. The molecule has 0 radical (unpaired) electrons. The molecular formula is C13H9F3N2O4S. The highest BCUT2D eigenvalue weighted by Gasteiger charge is 2.22. The number of carbonyl (C=O) groups is 1. The molecule has 23 heavy (non-hydrogen) atoms. The maximum absolute atomic E-state index is 13.7. The first kappa shape index (κ1) is 16.6. The molecule has 0 atom stereocenters. The molecule has 0 aromatic heterocycles. The van der Waals surface area contributed by atoms with Crippen LogP contribution in [0.25, 0.3) is 0 Å². The van der Waals surface area contributed by atoms with Crippen molar-refractivity contribution in [3.8, 4) is 5.75 Å². The molecule has 0 saturated heterocycles. The Hall–Kier alpha value is -2.75. The second kappa shape index (κ2) is 6.16. The monoisotopic (exact) mass is 346 g/mol. The number of hydrogen-bond acceptors (Lipinski definition) is 4.